The largest absolute Gasteiger partial charge is 0.340 e. The van der Waals surface area contributed by atoms with Crippen LogP contribution in [0.1, 0.15) is 11.1 Å². The van der Waals surface area contributed by atoms with Gasteiger partial charge in [-0.2, -0.15) is 10.4 Å². The average Bonchev–Trinajstić information content (AvgIpc) is 2.99. The van der Waals surface area contributed by atoms with Crippen molar-refractivity contribution < 1.29 is 4.79 Å². The molecule has 3 rings (SSSR count). The fourth-order valence-electron chi connectivity index (χ4n) is 2.49. The van der Waals surface area contributed by atoms with E-state index in [1.165, 1.54) is 26.7 Å². The normalized spacial score (nSPS) is 10.6. The molecule has 0 bridgehead atoms. The summed E-state index contributed by atoms with van der Waals surface area (Å²) in [4.78, 5) is 30.5. The van der Waals surface area contributed by atoms with Crippen molar-refractivity contribution in [3.05, 3.63) is 58.3 Å². The average molecular weight is 336 g/mol. The minimum atomic E-state index is -0.293. The highest BCUT2D eigenvalue weighted by Crippen LogP contribution is 2.07. The molecule has 0 spiro atoms. The molecule has 1 amide bonds. The predicted molar refractivity (Wildman–Crippen MR) is 90.4 cm³/mol. The molecule has 2 aromatic heterocycles. The van der Waals surface area contributed by atoms with Crippen LogP contribution in [-0.2, 0) is 24.9 Å². The van der Waals surface area contributed by atoms with Crippen molar-refractivity contribution in [1.29, 1.82) is 5.26 Å². The van der Waals surface area contributed by atoms with Gasteiger partial charge < -0.3 is 4.90 Å². The van der Waals surface area contributed by atoms with Crippen molar-refractivity contribution in [2.24, 2.45) is 7.05 Å². The molecule has 2 heterocycles. The molecule has 0 aliphatic carbocycles. The minimum absolute atomic E-state index is 0.0938. The number of aromatic nitrogens is 4. The molecule has 0 saturated heterocycles. The Morgan fingerprint density at radius 2 is 2.04 bits per heavy atom. The third kappa shape index (κ3) is 3.26. The smallest absolute Gasteiger partial charge is 0.264 e. The lowest BCUT2D eigenvalue weighted by atomic mass is 10.1. The van der Waals surface area contributed by atoms with Gasteiger partial charge >= 0.3 is 0 Å². The summed E-state index contributed by atoms with van der Waals surface area (Å²) in [6.07, 6.45) is 2.81. The van der Waals surface area contributed by atoms with Gasteiger partial charge in [-0.05, 0) is 17.7 Å². The van der Waals surface area contributed by atoms with Crippen LogP contribution in [-0.4, -0.2) is 37.2 Å². The van der Waals surface area contributed by atoms with Crippen molar-refractivity contribution in [2.45, 2.75) is 13.1 Å². The first-order valence-corrected chi connectivity index (χ1v) is 7.59. The van der Waals surface area contributed by atoms with Crippen LogP contribution in [0.5, 0.6) is 0 Å². The molecule has 0 saturated carbocycles. The van der Waals surface area contributed by atoms with Crippen molar-refractivity contribution in [3.8, 4) is 6.07 Å². The van der Waals surface area contributed by atoms with Crippen LogP contribution in [0, 0.1) is 11.3 Å². The molecule has 0 atom stereocenters. The second kappa shape index (κ2) is 6.57. The molecule has 0 aliphatic heterocycles. The predicted octanol–water partition coefficient (Wildman–Crippen LogP) is 0.660. The summed E-state index contributed by atoms with van der Waals surface area (Å²) in [5.74, 6) is -0.212. The highest BCUT2D eigenvalue weighted by molar-refractivity contribution is 5.77. The first-order valence-electron chi connectivity index (χ1n) is 7.59. The summed E-state index contributed by atoms with van der Waals surface area (Å²) in [5, 5.41) is 13.2. The molecule has 0 radical (unpaired) electrons. The lowest BCUT2D eigenvalue weighted by molar-refractivity contribution is -0.131. The lowest BCUT2D eigenvalue weighted by Crippen LogP contribution is -2.33. The highest BCUT2D eigenvalue weighted by Gasteiger charge is 2.14. The van der Waals surface area contributed by atoms with Gasteiger partial charge in [0, 0.05) is 20.6 Å². The second-order valence-electron chi connectivity index (χ2n) is 5.74. The van der Waals surface area contributed by atoms with Crippen LogP contribution in [0.25, 0.3) is 11.0 Å². The molecule has 0 unspecified atom stereocenters. The van der Waals surface area contributed by atoms with Crippen LogP contribution in [0.2, 0.25) is 0 Å². The van der Waals surface area contributed by atoms with Crippen molar-refractivity contribution in [3.63, 3.8) is 0 Å². The Hall–Kier alpha value is -3.47. The van der Waals surface area contributed by atoms with E-state index in [0.717, 1.165) is 5.56 Å². The van der Waals surface area contributed by atoms with Crippen molar-refractivity contribution >= 4 is 16.9 Å². The summed E-state index contributed by atoms with van der Waals surface area (Å²) >= 11 is 0. The summed E-state index contributed by atoms with van der Waals surface area (Å²) in [6.45, 7) is 0.297. The third-order valence-electron chi connectivity index (χ3n) is 3.95. The van der Waals surface area contributed by atoms with Gasteiger partial charge in [0.25, 0.3) is 5.56 Å². The van der Waals surface area contributed by atoms with Gasteiger partial charge in [-0.15, -0.1) is 0 Å². The van der Waals surface area contributed by atoms with Crippen LogP contribution in [0.4, 0.5) is 0 Å². The van der Waals surface area contributed by atoms with Gasteiger partial charge in [-0.25, -0.2) is 4.98 Å². The van der Waals surface area contributed by atoms with Crippen LogP contribution >= 0.6 is 0 Å². The van der Waals surface area contributed by atoms with Crippen molar-refractivity contribution in [1.82, 2.24) is 24.2 Å². The molecule has 8 nitrogen and oxygen atoms in total. The van der Waals surface area contributed by atoms with Gasteiger partial charge in [-0.3, -0.25) is 18.8 Å². The van der Waals surface area contributed by atoms with E-state index in [1.54, 1.807) is 38.4 Å². The molecular formula is C17H16N6O2. The zero-order valence-corrected chi connectivity index (χ0v) is 13.9. The van der Waals surface area contributed by atoms with E-state index < -0.39 is 0 Å². The van der Waals surface area contributed by atoms with Crippen molar-refractivity contribution in [2.75, 3.05) is 7.05 Å². The Balaban J connectivity index is 1.74. The quantitative estimate of drug-likeness (QED) is 0.697. The van der Waals surface area contributed by atoms with E-state index in [-0.39, 0.29) is 18.0 Å². The summed E-state index contributed by atoms with van der Waals surface area (Å²) in [6, 6.07) is 9.07. The zero-order valence-electron chi connectivity index (χ0n) is 13.9. The van der Waals surface area contributed by atoms with E-state index in [9.17, 15) is 9.59 Å². The molecule has 0 N–H and O–H groups in total. The number of hydrogen-bond acceptors (Lipinski definition) is 5. The van der Waals surface area contributed by atoms with E-state index in [2.05, 4.69) is 16.2 Å². The molecule has 8 heteroatoms. The van der Waals surface area contributed by atoms with E-state index >= 15 is 0 Å². The fourth-order valence-corrected chi connectivity index (χ4v) is 2.49. The number of likely N-dealkylation sites (N-methyl/N-ethyl adjacent to an activating group) is 1. The molecule has 126 valence electrons. The number of nitrogens with zero attached hydrogens (tertiary/aromatic N) is 6. The molecule has 3 aromatic rings. The van der Waals surface area contributed by atoms with E-state index in [4.69, 9.17) is 5.26 Å². The summed E-state index contributed by atoms with van der Waals surface area (Å²) in [5.41, 5.74) is 1.67. The summed E-state index contributed by atoms with van der Waals surface area (Å²) < 4.78 is 2.79. The number of amides is 1. The number of rotatable bonds is 4. The topological polar surface area (TPSA) is 96.8 Å². The summed E-state index contributed by atoms with van der Waals surface area (Å²) in [7, 11) is 3.37. The number of hydrogen-bond donors (Lipinski definition) is 0. The number of aryl methyl sites for hydroxylation is 1. The number of carbonyl (C=O) groups excluding carboxylic acids is 1. The van der Waals surface area contributed by atoms with Gasteiger partial charge in [0.05, 0.1) is 17.8 Å². The Morgan fingerprint density at radius 3 is 2.72 bits per heavy atom. The monoisotopic (exact) mass is 336 g/mol. The second-order valence-corrected chi connectivity index (χ2v) is 5.74. The van der Waals surface area contributed by atoms with Gasteiger partial charge in [0.1, 0.15) is 18.3 Å². The number of benzene rings is 1. The third-order valence-corrected chi connectivity index (χ3v) is 3.95. The maximum absolute atomic E-state index is 12.4. The number of carbonyl (C=O) groups is 1. The van der Waals surface area contributed by atoms with Crippen LogP contribution < -0.4 is 5.56 Å². The van der Waals surface area contributed by atoms with Crippen LogP contribution in [0.3, 0.4) is 0 Å². The highest BCUT2D eigenvalue weighted by atomic mass is 16.2. The van der Waals surface area contributed by atoms with Gasteiger partial charge in [0.15, 0.2) is 5.65 Å². The van der Waals surface area contributed by atoms with E-state index in [0.29, 0.717) is 23.1 Å². The molecule has 0 fully saturated rings. The molecule has 1 aromatic carbocycles. The molecule has 0 aliphatic rings. The molecule has 25 heavy (non-hydrogen) atoms. The zero-order chi connectivity index (χ0) is 18.0. The fraction of sp³-hybridized carbons (Fsp3) is 0.235. The minimum Gasteiger partial charge on any atom is -0.340 e. The standard InChI is InChI=1S/C17H16N6O2/c1-21(9-13-5-3-12(7-18)4-6-13)15(24)10-23-11-19-16-14(17(23)25)8-20-22(16)2/h3-6,8,11H,9-10H2,1-2H3. The Morgan fingerprint density at radius 1 is 1.32 bits per heavy atom. The maximum atomic E-state index is 12.4. The van der Waals surface area contributed by atoms with Crippen LogP contribution in [0.15, 0.2) is 41.6 Å². The van der Waals surface area contributed by atoms with E-state index in [1.807, 2.05) is 0 Å². The Bertz CT molecular complexity index is 1030. The first-order chi connectivity index (χ1) is 12.0. The van der Waals surface area contributed by atoms with Gasteiger partial charge in [-0.1, -0.05) is 12.1 Å². The molecular weight excluding hydrogens is 320 g/mol. The lowest BCUT2D eigenvalue weighted by Gasteiger charge is -2.18. The Labute approximate surface area is 143 Å². The maximum Gasteiger partial charge on any atom is 0.264 e. The SMILES string of the molecule is CN(Cc1ccc(C#N)cc1)C(=O)Cn1cnc2c(cnn2C)c1=O. The number of fused-ring (bicyclic) bond motifs is 1. The number of nitriles is 1. The first kappa shape index (κ1) is 16.4. The Kier molecular flexibility index (Phi) is 4.31. The van der Waals surface area contributed by atoms with Gasteiger partial charge in [0.2, 0.25) is 5.91 Å².